The zero-order chi connectivity index (χ0) is 14.4. The van der Waals surface area contributed by atoms with Crippen LogP contribution in [0.2, 0.25) is 0 Å². The Morgan fingerprint density at radius 1 is 1.11 bits per heavy atom. The molecule has 0 aliphatic heterocycles. The number of ketones is 1. The molecule has 1 atom stereocenters. The number of carbonyl (C=O) groups excluding carboxylic acids is 1. The van der Waals surface area contributed by atoms with E-state index in [0.717, 1.165) is 0 Å². The van der Waals surface area contributed by atoms with Crippen molar-refractivity contribution < 1.29 is 19.0 Å². The predicted octanol–water partition coefficient (Wildman–Crippen LogP) is 1.88. The lowest BCUT2D eigenvalue weighted by molar-refractivity contribution is 0.0918. The zero-order valence-electron chi connectivity index (χ0n) is 11.9. The molecule has 0 saturated heterocycles. The van der Waals surface area contributed by atoms with Crippen molar-refractivity contribution in [3.63, 3.8) is 0 Å². The fourth-order valence-corrected chi connectivity index (χ4v) is 1.90. The lowest BCUT2D eigenvalue weighted by Crippen LogP contribution is -2.23. The topological polar surface area (TPSA) is 70.8 Å². The fraction of sp³-hybridized carbons (Fsp3) is 0.500. The smallest absolute Gasteiger partial charge is 0.171 e. The zero-order valence-corrected chi connectivity index (χ0v) is 11.9. The van der Waals surface area contributed by atoms with Crippen molar-refractivity contribution in [2.24, 2.45) is 11.7 Å². The normalized spacial score (nSPS) is 11.8. The van der Waals surface area contributed by atoms with E-state index in [1.165, 1.54) is 21.3 Å². The van der Waals surface area contributed by atoms with Crippen LogP contribution in [0.4, 0.5) is 0 Å². The summed E-state index contributed by atoms with van der Waals surface area (Å²) in [6.45, 7) is 2.25. The summed E-state index contributed by atoms with van der Waals surface area (Å²) in [4.78, 5) is 12.4. The van der Waals surface area contributed by atoms with Crippen molar-refractivity contribution in [2.75, 3.05) is 27.9 Å². The van der Waals surface area contributed by atoms with Crippen molar-refractivity contribution in [3.8, 4) is 17.2 Å². The van der Waals surface area contributed by atoms with Gasteiger partial charge in [0.2, 0.25) is 0 Å². The minimum Gasteiger partial charge on any atom is -0.496 e. The second-order valence-corrected chi connectivity index (χ2v) is 4.11. The van der Waals surface area contributed by atoms with Gasteiger partial charge in [-0.3, -0.25) is 4.79 Å². The fourth-order valence-electron chi connectivity index (χ4n) is 1.90. The van der Waals surface area contributed by atoms with E-state index >= 15 is 0 Å². The molecule has 0 aliphatic carbocycles. The van der Waals surface area contributed by atoms with Crippen LogP contribution >= 0.6 is 0 Å². The van der Waals surface area contributed by atoms with Gasteiger partial charge < -0.3 is 19.9 Å². The van der Waals surface area contributed by atoms with Crippen LogP contribution in [-0.4, -0.2) is 33.7 Å². The van der Waals surface area contributed by atoms with Crippen LogP contribution in [0.1, 0.15) is 23.7 Å². The summed E-state index contributed by atoms with van der Waals surface area (Å²) in [5.74, 6) is 1.24. The summed E-state index contributed by atoms with van der Waals surface area (Å²) in [7, 11) is 4.58. The molecule has 0 spiro atoms. The Morgan fingerprint density at radius 3 is 2.05 bits per heavy atom. The summed E-state index contributed by atoms with van der Waals surface area (Å²) >= 11 is 0. The average molecular weight is 267 g/mol. The van der Waals surface area contributed by atoms with Crippen molar-refractivity contribution >= 4 is 5.78 Å². The van der Waals surface area contributed by atoms with Gasteiger partial charge in [-0.05, 0) is 12.5 Å². The van der Waals surface area contributed by atoms with Gasteiger partial charge in [0, 0.05) is 18.5 Å². The van der Waals surface area contributed by atoms with Crippen LogP contribution in [0, 0.1) is 5.92 Å². The van der Waals surface area contributed by atoms with E-state index in [2.05, 4.69) is 0 Å². The molecule has 0 aromatic heterocycles. The second kappa shape index (κ2) is 6.99. The van der Waals surface area contributed by atoms with Crippen molar-refractivity contribution in [2.45, 2.75) is 13.3 Å². The Hall–Kier alpha value is -1.75. The monoisotopic (exact) mass is 267 g/mol. The second-order valence-electron chi connectivity index (χ2n) is 4.11. The molecule has 106 valence electrons. The van der Waals surface area contributed by atoms with Crippen molar-refractivity contribution in [1.82, 2.24) is 0 Å². The minimum atomic E-state index is -0.216. The lowest BCUT2D eigenvalue weighted by atomic mass is 9.94. The summed E-state index contributed by atoms with van der Waals surface area (Å²) in [6.07, 6.45) is 0.687. The standard InChI is InChI=1S/C14H21NO4/c1-5-9(8-15)14(16)10-6-12(18-3)13(19-4)7-11(10)17-2/h6-7,9H,5,8,15H2,1-4H3. The number of Topliss-reactive ketones (excluding diaryl/α,β-unsaturated/α-hetero) is 1. The van der Waals surface area contributed by atoms with Crippen LogP contribution in [0.25, 0.3) is 0 Å². The number of nitrogens with two attached hydrogens (primary N) is 1. The number of ether oxygens (including phenoxy) is 3. The Balaban J connectivity index is 3.29. The molecule has 19 heavy (non-hydrogen) atoms. The maximum absolute atomic E-state index is 12.4. The molecule has 0 fully saturated rings. The summed E-state index contributed by atoms with van der Waals surface area (Å²) in [6, 6.07) is 3.29. The molecule has 0 aliphatic rings. The highest BCUT2D eigenvalue weighted by Gasteiger charge is 2.23. The molecule has 0 saturated carbocycles. The highest BCUT2D eigenvalue weighted by Crippen LogP contribution is 2.35. The first kappa shape index (κ1) is 15.3. The molecular weight excluding hydrogens is 246 g/mol. The quantitative estimate of drug-likeness (QED) is 0.764. The van der Waals surface area contributed by atoms with E-state index in [0.29, 0.717) is 35.8 Å². The number of methoxy groups -OCH3 is 3. The molecule has 0 heterocycles. The largest absolute Gasteiger partial charge is 0.496 e. The molecule has 0 radical (unpaired) electrons. The first-order valence-corrected chi connectivity index (χ1v) is 6.17. The summed E-state index contributed by atoms with van der Waals surface area (Å²) in [5, 5.41) is 0. The molecule has 1 aromatic rings. The Kier molecular flexibility index (Phi) is 5.63. The number of hydrogen-bond donors (Lipinski definition) is 1. The van der Waals surface area contributed by atoms with Crippen LogP contribution in [-0.2, 0) is 0 Å². The first-order valence-electron chi connectivity index (χ1n) is 6.17. The number of carbonyl (C=O) groups is 1. The lowest BCUT2D eigenvalue weighted by Gasteiger charge is -2.16. The van der Waals surface area contributed by atoms with Gasteiger partial charge in [-0.25, -0.2) is 0 Å². The van der Waals surface area contributed by atoms with Gasteiger partial charge in [0.15, 0.2) is 17.3 Å². The van der Waals surface area contributed by atoms with E-state index in [1.54, 1.807) is 12.1 Å². The number of benzene rings is 1. The summed E-state index contributed by atoms with van der Waals surface area (Å²) < 4.78 is 15.6. The van der Waals surface area contributed by atoms with Crippen molar-refractivity contribution in [1.29, 1.82) is 0 Å². The van der Waals surface area contributed by atoms with Gasteiger partial charge in [0.05, 0.1) is 26.9 Å². The van der Waals surface area contributed by atoms with E-state index in [-0.39, 0.29) is 11.7 Å². The van der Waals surface area contributed by atoms with Gasteiger partial charge in [0.1, 0.15) is 5.75 Å². The molecule has 5 nitrogen and oxygen atoms in total. The highest BCUT2D eigenvalue weighted by atomic mass is 16.5. The van der Waals surface area contributed by atoms with Gasteiger partial charge in [-0.2, -0.15) is 0 Å². The van der Waals surface area contributed by atoms with Crippen molar-refractivity contribution in [3.05, 3.63) is 17.7 Å². The maximum Gasteiger partial charge on any atom is 0.171 e. The third-order valence-corrected chi connectivity index (χ3v) is 3.12. The molecule has 5 heteroatoms. The summed E-state index contributed by atoms with van der Waals surface area (Å²) in [5.41, 5.74) is 6.09. The average Bonchev–Trinajstić information content (AvgIpc) is 2.46. The van der Waals surface area contributed by atoms with Gasteiger partial charge in [0.25, 0.3) is 0 Å². The Bertz CT molecular complexity index is 441. The molecular formula is C14H21NO4. The molecule has 1 unspecified atom stereocenters. The van der Waals surface area contributed by atoms with Gasteiger partial charge in [-0.1, -0.05) is 6.92 Å². The third-order valence-electron chi connectivity index (χ3n) is 3.12. The van der Waals surface area contributed by atoms with Crippen LogP contribution < -0.4 is 19.9 Å². The molecule has 1 rings (SSSR count). The first-order chi connectivity index (χ1) is 9.12. The van der Waals surface area contributed by atoms with E-state index in [1.807, 2.05) is 6.92 Å². The van der Waals surface area contributed by atoms with Gasteiger partial charge in [-0.15, -0.1) is 0 Å². The van der Waals surface area contributed by atoms with Crippen LogP contribution in [0.5, 0.6) is 17.2 Å². The van der Waals surface area contributed by atoms with Crippen LogP contribution in [0.3, 0.4) is 0 Å². The minimum absolute atomic E-state index is 0.0391. The van der Waals surface area contributed by atoms with E-state index < -0.39 is 0 Å². The molecule has 0 amide bonds. The molecule has 2 N–H and O–H groups in total. The maximum atomic E-state index is 12.4. The Labute approximate surface area is 113 Å². The SMILES string of the molecule is CCC(CN)C(=O)c1cc(OC)c(OC)cc1OC. The van der Waals surface area contributed by atoms with Crippen LogP contribution in [0.15, 0.2) is 12.1 Å². The van der Waals surface area contributed by atoms with Gasteiger partial charge >= 0.3 is 0 Å². The third kappa shape index (κ3) is 3.17. The number of hydrogen-bond acceptors (Lipinski definition) is 5. The Morgan fingerprint density at radius 2 is 1.63 bits per heavy atom. The predicted molar refractivity (Wildman–Crippen MR) is 73.3 cm³/mol. The van der Waals surface area contributed by atoms with E-state index in [9.17, 15) is 4.79 Å². The van der Waals surface area contributed by atoms with E-state index in [4.69, 9.17) is 19.9 Å². The highest BCUT2D eigenvalue weighted by molar-refractivity contribution is 6.01. The number of rotatable bonds is 7. The molecule has 0 bridgehead atoms. The molecule has 1 aromatic carbocycles.